The zero-order valence-electron chi connectivity index (χ0n) is 19.1. The van der Waals surface area contributed by atoms with Crippen LogP contribution >= 0.6 is 0 Å². The van der Waals surface area contributed by atoms with Gasteiger partial charge in [-0.05, 0) is 55.9 Å². The summed E-state index contributed by atoms with van der Waals surface area (Å²) in [6.45, 7) is 0.280. The van der Waals surface area contributed by atoms with E-state index < -0.39 is 0 Å². The summed E-state index contributed by atoms with van der Waals surface area (Å²) in [4.78, 5) is 10.1. The monoisotopic (exact) mass is 448 g/mol. The van der Waals surface area contributed by atoms with Gasteiger partial charge in [0.1, 0.15) is 5.82 Å². The van der Waals surface area contributed by atoms with Gasteiger partial charge >= 0.3 is 0 Å². The van der Waals surface area contributed by atoms with E-state index in [0.29, 0.717) is 11.8 Å². The molecule has 1 aliphatic rings. The lowest BCUT2D eigenvalue weighted by atomic mass is 9.82. The molecule has 0 amide bonds. The Balaban J connectivity index is 1.46. The summed E-state index contributed by atoms with van der Waals surface area (Å²) in [5.74, 6) is 1.85. The summed E-state index contributed by atoms with van der Waals surface area (Å²) in [5, 5.41) is 10.6. The van der Waals surface area contributed by atoms with Crippen molar-refractivity contribution in [1.29, 1.82) is 0 Å². The Morgan fingerprint density at radius 1 is 0.853 bits per heavy atom. The first-order valence-corrected chi connectivity index (χ1v) is 12.0. The molecule has 5 nitrogen and oxygen atoms in total. The molecule has 6 rings (SSSR count). The molecule has 0 atom stereocenters. The van der Waals surface area contributed by atoms with Gasteiger partial charge in [0.15, 0.2) is 0 Å². The lowest BCUT2D eigenvalue weighted by molar-refractivity contribution is 0.181. The largest absolute Gasteiger partial charge is 0.397 e. The molecule has 0 unspecified atom stereocenters. The minimum Gasteiger partial charge on any atom is -0.397 e. The van der Waals surface area contributed by atoms with Gasteiger partial charge in [0.05, 0.1) is 28.1 Å². The zero-order valence-corrected chi connectivity index (χ0v) is 19.1. The van der Waals surface area contributed by atoms with Crippen molar-refractivity contribution in [2.45, 2.75) is 31.6 Å². The van der Waals surface area contributed by atoms with E-state index in [0.717, 1.165) is 76.1 Å². The van der Waals surface area contributed by atoms with Gasteiger partial charge < -0.3 is 15.2 Å². The molecule has 3 aromatic heterocycles. The fraction of sp³-hybridized carbons (Fsp3) is 0.241. The molecular weight excluding hydrogens is 420 g/mol. The molecule has 34 heavy (non-hydrogen) atoms. The van der Waals surface area contributed by atoms with Gasteiger partial charge in [-0.25, -0.2) is 9.97 Å². The van der Waals surface area contributed by atoms with E-state index in [4.69, 9.17) is 15.7 Å². The maximum absolute atomic E-state index is 9.54. The average Bonchev–Trinajstić information content (AvgIpc) is 3.30. The lowest BCUT2D eigenvalue weighted by Gasteiger charge is -2.26. The third-order valence-electron chi connectivity index (χ3n) is 7.23. The van der Waals surface area contributed by atoms with Crippen molar-refractivity contribution in [3.8, 4) is 22.5 Å². The van der Waals surface area contributed by atoms with Crippen LogP contribution < -0.4 is 5.73 Å². The third-order valence-corrected chi connectivity index (χ3v) is 7.23. The molecular formula is C29H28N4O. The van der Waals surface area contributed by atoms with Crippen LogP contribution in [0.1, 0.15) is 37.4 Å². The molecule has 5 heteroatoms. The topological polar surface area (TPSA) is 76.4 Å². The fourth-order valence-electron chi connectivity index (χ4n) is 5.32. The molecule has 5 aromatic rings. The minimum atomic E-state index is 0.280. The summed E-state index contributed by atoms with van der Waals surface area (Å²) >= 11 is 0. The van der Waals surface area contributed by atoms with Gasteiger partial charge in [-0.15, -0.1) is 0 Å². The number of nitrogens with zero attached hydrogens (tertiary/aromatic N) is 3. The molecule has 0 saturated heterocycles. The van der Waals surface area contributed by atoms with Gasteiger partial charge in [-0.1, -0.05) is 48.5 Å². The summed E-state index contributed by atoms with van der Waals surface area (Å²) in [5.41, 5.74) is 13.1. The van der Waals surface area contributed by atoms with E-state index in [2.05, 4.69) is 53.1 Å². The quantitative estimate of drug-likeness (QED) is 0.350. The molecule has 0 bridgehead atoms. The van der Waals surface area contributed by atoms with Crippen molar-refractivity contribution < 1.29 is 5.11 Å². The van der Waals surface area contributed by atoms with Crippen LogP contribution in [0.5, 0.6) is 0 Å². The van der Waals surface area contributed by atoms with E-state index >= 15 is 0 Å². The van der Waals surface area contributed by atoms with E-state index in [-0.39, 0.29) is 6.61 Å². The van der Waals surface area contributed by atoms with Crippen LogP contribution in [-0.4, -0.2) is 26.1 Å². The van der Waals surface area contributed by atoms with Crippen LogP contribution in [0.15, 0.2) is 79.0 Å². The number of pyridine rings is 2. The fourth-order valence-corrected chi connectivity index (χ4v) is 5.32. The van der Waals surface area contributed by atoms with E-state index in [9.17, 15) is 5.11 Å². The van der Waals surface area contributed by atoms with Crippen molar-refractivity contribution in [1.82, 2.24) is 14.4 Å². The molecule has 0 spiro atoms. The average molecular weight is 449 g/mol. The Bertz CT molecular complexity index is 1470. The molecule has 0 aliphatic heterocycles. The Morgan fingerprint density at radius 3 is 2.44 bits per heavy atom. The predicted molar refractivity (Wildman–Crippen MR) is 138 cm³/mol. The van der Waals surface area contributed by atoms with Gasteiger partial charge in [0.25, 0.3) is 0 Å². The highest BCUT2D eigenvalue weighted by Gasteiger charge is 2.27. The number of hydrogen-bond donors (Lipinski definition) is 2. The van der Waals surface area contributed by atoms with E-state index in [1.165, 1.54) is 0 Å². The Morgan fingerprint density at radius 2 is 1.65 bits per heavy atom. The van der Waals surface area contributed by atoms with Crippen LogP contribution in [-0.2, 0) is 0 Å². The summed E-state index contributed by atoms with van der Waals surface area (Å²) in [6.07, 6.45) is 6.23. The highest BCUT2D eigenvalue weighted by Crippen LogP contribution is 2.39. The number of benzene rings is 2. The number of rotatable bonds is 4. The minimum absolute atomic E-state index is 0.280. The van der Waals surface area contributed by atoms with Crippen LogP contribution in [0.2, 0.25) is 0 Å². The molecule has 1 aliphatic carbocycles. The summed E-state index contributed by atoms with van der Waals surface area (Å²) < 4.78 is 2.17. The van der Waals surface area contributed by atoms with Crippen molar-refractivity contribution in [2.75, 3.05) is 12.3 Å². The molecule has 2 aromatic carbocycles. The first-order valence-electron chi connectivity index (χ1n) is 12.0. The molecule has 1 saturated carbocycles. The molecule has 0 radical (unpaired) electrons. The number of fused-ring (bicyclic) bond motifs is 2. The SMILES string of the molecule is Nc1cccn2c1c(-c1ccc3ccc(-c4ccccc4)nc3c1)nc2[C@H]1CC[C@H](CO)CC1. The number of imidazole rings is 1. The molecule has 1 fully saturated rings. The predicted octanol–water partition coefficient (Wildman–Crippen LogP) is 6.06. The molecule has 3 heterocycles. The standard InChI is InChI=1S/C29H28N4O/c30-24-7-4-16-33-28(24)27(32-29(33)22-10-8-19(18-34)9-11-22)23-13-12-21-14-15-25(31-26(21)17-23)20-5-2-1-3-6-20/h1-7,12-17,19,22,34H,8-11,18,30H2/t19-,22-. The number of hydrogen-bond acceptors (Lipinski definition) is 4. The first-order chi connectivity index (χ1) is 16.7. The highest BCUT2D eigenvalue weighted by atomic mass is 16.3. The second kappa shape index (κ2) is 8.58. The Kier molecular flexibility index (Phi) is 5.27. The number of nitrogen functional groups attached to an aromatic ring is 1. The van der Waals surface area contributed by atoms with Gasteiger partial charge in [-0.2, -0.15) is 0 Å². The normalized spacial score (nSPS) is 18.5. The number of aliphatic hydroxyl groups is 1. The van der Waals surface area contributed by atoms with Crippen molar-refractivity contribution in [2.24, 2.45) is 5.92 Å². The molecule has 170 valence electrons. The smallest absolute Gasteiger partial charge is 0.117 e. The van der Waals surface area contributed by atoms with E-state index in [1.54, 1.807) is 0 Å². The maximum atomic E-state index is 9.54. The maximum Gasteiger partial charge on any atom is 0.117 e. The number of aliphatic hydroxyl groups excluding tert-OH is 1. The number of aromatic nitrogens is 3. The lowest BCUT2D eigenvalue weighted by Crippen LogP contribution is -2.17. The van der Waals surface area contributed by atoms with Crippen LogP contribution in [0, 0.1) is 5.92 Å². The van der Waals surface area contributed by atoms with Crippen LogP contribution in [0.25, 0.3) is 38.9 Å². The molecule has 3 N–H and O–H groups in total. The summed E-state index contributed by atoms with van der Waals surface area (Å²) in [6, 6.07) is 24.7. The van der Waals surface area contributed by atoms with Crippen LogP contribution in [0.3, 0.4) is 0 Å². The number of anilines is 1. The van der Waals surface area contributed by atoms with Crippen molar-refractivity contribution in [3.05, 3.63) is 84.8 Å². The zero-order chi connectivity index (χ0) is 23.1. The highest BCUT2D eigenvalue weighted by molar-refractivity contribution is 5.92. The van der Waals surface area contributed by atoms with Crippen molar-refractivity contribution in [3.63, 3.8) is 0 Å². The second-order valence-electron chi connectivity index (χ2n) is 9.37. The second-order valence-corrected chi connectivity index (χ2v) is 9.37. The third kappa shape index (κ3) is 3.62. The van der Waals surface area contributed by atoms with Gasteiger partial charge in [0.2, 0.25) is 0 Å². The Hall–Kier alpha value is -3.70. The van der Waals surface area contributed by atoms with Gasteiger partial charge in [-0.3, -0.25) is 0 Å². The van der Waals surface area contributed by atoms with Crippen LogP contribution in [0.4, 0.5) is 5.69 Å². The number of nitrogens with two attached hydrogens (primary N) is 1. The van der Waals surface area contributed by atoms with E-state index in [1.807, 2.05) is 30.3 Å². The Labute approximate surface area is 198 Å². The first kappa shape index (κ1) is 20.9. The summed E-state index contributed by atoms with van der Waals surface area (Å²) in [7, 11) is 0. The van der Waals surface area contributed by atoms with Gasteiger partial charge in [0, 0.05) is 35.2 Å². The van der Waals surface area contributed by atoms with Crippen molar-refractivity contribution >= 4 is 22.1 Å².